The lowest BCUT2D eigenvalue weighted by Crippen LogP contribution is -1.89. The molecule has 1 N–H and O–H groups in total. The van der Waals surface area contributed by atoms with Gasteiger partial charge in [-0.15, -0.1) is 0 Å². The van der Waals surface area contributed by atoms with Crippen molar-refractivity contribution in [2.24, 2.45) is 0 Å². The largest absolute Gasteiger partial charge is 0.461 e. The highest BCUT2D eigenvalue weighted by molar-refractivity contribution is 5.85. The topological polar surface area (TPSA) is 72.8 Å². The highest BCUT2D eigenvalue weighted by Crippen LogP contribution is 2.28. The van der Waals surface area contributed by atoms with E-state index in [9.17, 15) is 0 Å². The van der Waals surface area contributed by atoms with Crippen LogP contribution in [0.2, 0.25) is 0 Å². The molecule has 4 heteroatoms. The van der Waals surface area contributed by atoms with E-state index >= 15 is 0 Å². The Hall–Kier alpha value is -2.72. The fraction of sp³-hybridized carbons (Fsp3) is 0.200. The monoisotopic (exact) mass is 251 g/mol. The van der Waals surface area contributed by atoms with Crippen molar-refractivity contribution in [3.63, 3.8) is 0 Å². The summed E-state index contributed by atoms with van der Waals surface area (Å²) < 4.78 is 5.72. The Morgan fingerprint density at radius 1 is 1.37 bits per heavy atom. The zero-order chi connectivity index (χ0) is 13.8. The fourth-order valence-corrected chi connectivity index (χ4v) is 1.94. The second-order valence-corrected chi connectivity index (χ2v) is 4.14. The smallest absolute Gasteiger partial charge is 0.145 e. The fourth-order valence-electron chi connectivity index (χ4n) is 1.94. The van der Waals surface area contributed by atoms with E-state index in [2.05, 4.69) is 12.2 Å². The first-order valence-corrected chi connectivity index (χ1v) is 5.98. The molecule has 0 amide bonds. The van der Waals surface area contributed by atoms with Gasteiger partial charge in [0.25, 0.3) is 0 Å². The summed E-state index contributed by atoms with van der Waals surface area (Å²) in [5.74, 6) is 0.984. The molecule has 0 aliphatic carbocycles. The van der Waals surface area contributed by atoms with Crippen LogP contribution in [0, 0.1) is 29.6 Å². The van der Waals surface area contributed by atoms with E-state index in [-0.39, 0.29) is 5.57 Å². The quantitative estimate of drug-likeness (QED) is 0.845. The number of aryl methyl sites for hydroxylation is 2. The number of hydrogen-bond donors (Lipinski definition) is 1. The van der Waals surface area contributed by atoms with Gasteiger partial charge in [0.05, 0.1) is 0 Å². The van der Waals surface area contributed by atoms with Gasteiger partial charge in [0.1, 0.15) is 29.1 Å². The molecule has 1 heterocycles. The van der Waals surface area contributed by atoms with Gasteiger partial charge in [-0.3, -0.25) is 0 Å². The summed E-state index contributed by atoms with van der Waals surface area (Å²) >= 11 is 0. The molecule has 0 unspecified atom stereocenters. The lowest BCUT2D eigenvalue weighted by molar-refractivity contribution is 0.553. The van der Waals surface area contributed by atoms with E-state index in [1.54, 1.807) is 12.1 Å². The van der Waals surface area contributed by atoms with Crippen molar-refractivity contribution in [2.75, 3.05) is 5.32 Å². The average Bonchev–Trinajstić information content (AvgIpc) is 2.76. The molecular weight excluding hydrogens is 238 g/mol. The predicted molar refractivity (Wildman–Crippen MR) is 73.3 cm³/mol. The normalized spacial score (nSPS) is 9.68. The summed E-state index contributed by atoms with van der Waals surface area (Å²) in [6.07, 6.45) is 2.26. The molecule has 0 aliphatic heterocycles. The zero-order valence-corrected chi connectivity index (χ0v) is 10.8. The first-order chi connectivity index (χ1) is 9.19. The standard InChI is InChI=1S/C15H13N3O/c1-3-14-10(2)13-6-12(4-5-15(13)19-14)18-9-11(7-16)8-17/h4-6,9,18H,3H2,1-2H3. The predicted octanol–water partition coefficient (Wildman–Crippen LogP) is 3.65. The van der Waals surface area contributed by atoms with E-state index < -0.39 is 0 Å². The van der Waals surface area contributed by atoms with Crippen LogP contribution in [0.5, 0.6) is 0 Å². The van der Waals surface area contributed by atoms with Crippen molar-refractivity contribution in [3.05, 3.63) is 41.3 Å². The van der Waals surface area contributed by atoms with Crippen LogP contribution in [0.4, 0.5) is 5.69 Å². The number of allylic oxidation sites excluding steroid dienone is 1. The molecule has 0 saturated carbocycles. The average molecular weight is 251 g/mol. The maximum absolute atomic E-state index is 8.66. The van der Waals surface area contributed by atoms with Crippen LogP contribution in [0.25, 0.3) is 11.0 Å². The molecule has 0 saturated heterocycles. The Morgan fingerprint density at radius 2 is 2.11 bits per heavy atom. The lowest BCUT2D eigenvalue weighted by atomic mass is 10.1. The molecule has 0 aliphatic rings. The Bertz CT molecular complexity index is 710. The van der Waals surface area contributed by atoms with Crippen molar-refractivity contribution in [1.29, 1.82) is 10.5 Å². The van der Waals surface area contributed by atoms with E-state index in [1.807, 2.05) is 25.1 Å². The summed E-state index contributed by atoms with van der Waals surface area (Å²) in [7, 11) is 0. The van der Waals surface area contributed by atoms with E-state index in [0.29, 0.717) is 0 Å². The van der Waals surface area contributed by atoms with E-state index in [1.165, 1.54) is 6.20 Å². The summed E-state index contributed by atoms with van der Waals surface area (Å²) in [4.78, 5) is 0. The minimum Gasteiger partial charge on any atom is -0.461 e. The maximum atomic E-state index is 8.66. The number of hydrogen-bond acceptors (Lipinski definition) is 4. The van der Waals surface area contributed by atoms with Crippen LogP contribution in [-0.2, 0) is 6.42 Å². The van der Waals surface area contributed by atoms with Crippen LogP contribution in [0.1, 0.15) is 18.2 Å². The first kappa shape index (κ1) is 12.7. The van der Waals surface area contributed by atoms with Crippen molar-refractivity contribution in [2.45, 2.75) is 20.3 Å². The van der Waals surface area contributed by atoms with Gasteiger partial charge in [0, 0.05) is 23.7 Å². The first-order valence-electron chi connectivity index (χ1n) is 5.98. The number of rotatable bonds is 3. The number of fused-ring (bicyclic) bond motifs is 1. The van der Waals surface area contributed by atoms with Gasteiger partial charge in [-0.2, -0.15) is 10.5 Å². The zero-order valence-electron chi connectivity index (χ0n) is 10.8. The second kappa shape index (κ2) is 5.29. The molecule has 0 spiro atoms. The van der Waals surface area contributed by atoms with Crippen LogP contribution in [0.3, 0.4) is 0 Å². The van der Waals surface area contributed by atoms with E-state index in [4.69, 9.17) is 14.9 Å². The molecule has 19 heavy (non-hydrogen) atoms. The number of nitrogens with zero attached hydrogens (tertiary/aromatic N) is 2. The molecule has 0 atom stereocenters. The van der Waals surface area contributed by atoms with Crippen molar-refractivity contribution < 1.29 is 4.42 Å². The van der Waals surface area contributed by atoms with Gasteiger partial charge in [-0.1, -0.05) is 6.92 Å². The Labute approximate surface area is 111 Å². The molecular formula is C15H13N3O. The molecule has 2 rings (SSSR count). The molecule has 4 nitrogen and oxygen atoms in total. The lowest BCUT2D eigenvalue weighted by Gasteiger charge is -2.00. The molecule has 2 aromatic rings. The minimum absolute atomic E-state index is 0.0401. The summed E-state index contributed by atoms with van der Waals surface area (Å²) in [6.45, 7) is 4.08. The van der Waals surface area contributed by atoms with Gasteiger partial charge in [0.15, 0.2) is 0 Å². The number of anilines is 1. The summed E-state index contributed by atoms with van der Waals surface area (Å²) in [5, 5.41) is 21.3. The van der Waals surface area contributed by atoms with Crippen LogP contribution >= 0.6 is 0 Å². The molecule has 94 valence electrons. The van der Waals surface area contributed by atoms with Crippen molar-refractivity contribution in [3.8, 4) is 12.1 Å². The highest BCUT2D eigenvalue weighted by Gasteiger charge is 2.08. The molecule has 0 radical (unpaired) electrons. The molecule has 0 bridgehead atoms. The molecule has 1 aromatic carbocycles. The third-order valence-corrected chi connectivity index (χ3v) is 2.98. The SMILES string of the molecule is CCc1oc2ccc(NC=C(C#N)C#N)cc2c1C. The number of benzene rings is 1. The third-order valence-electron chi connectivity index (χ3n) is 2.98. The number of furan rings is 1. The summed E-state index contributed by atoms with van der Waals surface area (Å²) in [6, 6.07) is 9.30. The van der Waals surface area contributed by atoms with Gasteiger partial charge >= 0.3 is 0 Å². The van der Waals surface area contributed by atoms with Gasteiger partial charge < -0.3 is 9.73 Å². The van der Waals surface area contributed by atoms with E-state index in [0.717, 1.165) is 34.4 Å². The number of nitriles is 2. The van der Waals surface area contributed by atoms with Crippen LogP contribution in [0.15, 0.2) is 34.4 Å². The van der Waals surface area contributed by atoms with Gasteiger partial charge in [-0.25, -0.2) is 0 Å². The molecule has 0 fully saturated rings. The number of nitrogens with one attached hydrogen (secondary N) is 1. The van der Waals surface area contributed by atoms with Crippen LogP contribution < -0.4 is 5.32 Å². The second-order valence-electron chi connectivity index (χ2n) is 4.14. The third kappa shape index (κ3) is 2.43. The Kier molecular flexibility index (Phi) is 3.54. The Morgan fingerprint density at radius 3 is 2.74 bits per heavy atom. The van der Waals surface area contributed by atoms with Crippen molar-refractivity contribution >= 4 is 16.7 Å². The van der Waals surface area contributed by atoms with Gasteiger partial charge in [0.2, 0.25) is 0 Å². The van der Waals surface area contributed by atoms with Crippen molar-refractivity contribution in [1.82, 2.24) is 0 Å². The highest BCUT2D eigenvalue weighted by atomic mass is 16.3. The van der Waals surface area contributed by atoms with Crippen LogP contribution in [-0.4, -0.2) is 0 Å². The minimum atomic E-state index is 0.0401. The molecule has 1 aromatic heterocycles. The Balaban J connectivity index is 2.37. The summed E-state index contributed by atoms with van der Waals surface area (Å²) in [5.41, 5.74) is 2.84. The van der Waals surface area contributed by atoms with Gasteiger partial charge in [-0.05, 0) is 30.7 Å². The maximum Gasteiger partial charge on any atom is 0.145 e.